The number of nitrogens with zero attached hydrogens (tertiary/aromatic N) is 1. The average molecular weight is 98.1 g/mol. The lowest BCUT2D eigenvalue weighted by Crippen LogP contribution is -2.08. The molecule has 0 bridgehead atoms. The van der Waals surface area contributed by atoms with Crippen LogP contribution in [0.4, 0.5) is 0 Å². The van der Waals surface area contributed by atoms with Crippen molar-refractivity contribution in [2.45, 2.75) is 12.8 Å². The molecule has 38 valence electrons. The van der Waals surface area contributed by atoms with Crippen LogP contribution in [0.2, 0.25) is 0 Å². The minimum absolute atomic E-state index is 0.181. The Morgan fingerprint density at radius 3 is 2.57 bits per heavy atom. The van der Waals surface area contributed by atoms with Crippen LogP contribution in [0, 0.1) is 0 Å². The van der Waals surface area contributed by atoms with Crippen LogP contribution in [-0.4, -0.2) is 23.7 Å². The van der Waals surface area contributed by atoms with Gasteiger partial charge in [0.15, 0.2) is 6.54 Å². The highest BCUT2D eigenvalue weighted by molar-refractivity contribution is 5.70. The first-order valence-corrected chi connectivity index (χ1v) is 2.41. The third-order valence-corrected chi connectivity index (χ3v) is 1.17. The van der Waals surface area contributed by atoms with E-state index < -0.39 is 0 Å². The van der Waals surface area contributed by atoms with Crippen LogP contribution in [0.1, 0.15) is 12.8 Å². The average Bonchev–Trinajstić information content (AvgIpc) is 1.91. The van der Waals surface area contributed by atoms with E-state index in [2.05, 4.69) is 6.72 Å². The molecule has 2 heteroatoms. The molecule has 0 saturated carbocycles. The molecule has 1 amide bonds. The molecule has 0 aromatic rings. The first-order valence-electron chi connectivity index (χ1n) is 2.41. The van der Waals surface area contributed by atoms with Crippen molar-refractivity contribution in [2.24, 2.45) is 0 Å². The van der Waals surface area contributed by atoms with Crippen LogP contribution in [0.3, 0.4) is 0 Å². The fourth-order valence-corrected chi connectivity index (χ4v) is 0.704. The summed E-state index contributed by atoms with van der Waals surface area (Å²) >= 11 is 0. The second kappa shape index (κ2) is 1.45. The highest BCUT2D eigenvalue weighted by atomic mass is 16.2. The van der Waals surface area contributed by atoms with Gasteiger partial charge in [-0.3, -0.25) is 0 Å². The topological polar surface area (TPSA) is 20.1 Å². The smallest absolute Gasteiger partial charge is 0.220 e. The minimum Gasteiger partial charge on any atom is -0.220 e. The normalized spacial score (nSPS) is 21.1. The molecule has 0 aliphatic carbocycles. The maximum absolute atomic E-state index is 10.4. The first kappa shape index (κ1) is 4.50. The summed E-state index contributed by atoms with van der Waals surface area (Å²) < 4.78 is 1.51. The van der Waals surface area contributed by atoms with Gasteiger partial charge in [-0.25, -0.2) is 4.79 Å². The number of hydrogen-bond donors (Lipinski definition) is 0. The Bertz CT molecular complexity index is 103. The molecular weight excluding hydrogens is 90.1 g/mol. The summed E-state index contributed by atoms with van der Waals surface area (Å²) in [6, 6.07) is 0. The molecule has 0 aromatic carbocycles. The zero-order chi connectivity index (χ0) is 5.28. The quantitative estimate of drug-likeness (QED) is 0.391. The van der Waals surface area contributed by atoms with Crippen molar-refractivity contribution in [3.8, 4) is 0 Å². The lowest BCUT2D eigenvalue weighted by Gasteiger charge is -1.76. The van der Waals surface area contributed by atoms with E-state index in [-0.39, 0.29) is 5.91 Å². The Morgan fingerprint density at radius 1 is 1.71 bits per heavy atom. The molecule has 0 radical (unpaired) electrons. The summed E-state index contributed by atoms with van der Waals surface area (Å²) in [5.41, 5.74) is 0. The summed E-state index contributed by atoms with van der Waals surface area (Å²) in [7, 11) is 0. The van der Waals surface area contributed by atoms with Crippen molar-refractivity contribution >= 4 is 12.6 Å². The lowest BCUT2D eigenvalue weighted by molar-refractivity contribution is -0.424. The second-order valence-corrected chi connectivity index (χ2v) is 1.76. The number of amides is 1. The molecule has 2 nitrogen and oxygen atoms in total. The monoisotopic (exact) mass is 98.1 g/mol. The van der Waals surface area contributed by atoms with Gasteiger partial charge in [0.25, 0.3) is 0 Å². The van der Waals surface area contributed by atoms with Gasteiger partial charge in [0.05, 0.1) is 6.42 Å². The maximum Gasteiger partial charge on any atom is 0.386 e. The number of rotatable bonds is 0. The van der Waals surface area contributed by atoms with Crippen LogP contribution in [-0.2, 0) is 4.79 Å². The van der Waals surface area contributed by atoms with E-state index in [0.29, 0.717) is 6.42 Å². The Balaban J connectivity index is 2.65. The summed E-state index contributed by atoms with van der Waals surface area (Å²) in [6.45, 7) is 4.35. The number of hydrogen-bond acceptors (Lipinski definition) is 1. The highest BCUT2D eigenvalue weighted by Crippen LogP contribution is 2.00. The van der Waals surface area contributed by atoms with Gasteiger partial charge in [0, 0.05) is 6.42 Å². The van der Waals surface area contributed by atoms with Crippen molar-refractivity contribution in [1.82, 2.24) is 0 Å². The van der Waals surface area contributed by atoms with Crippen LogP contribution in [0.15, 0.2) is 0 Å². The van der Waals surface area contributed by atoms with Gasteiger partial charge < -0.3 is 0 Å². The molecule has 1 heterocycles. The Hall–Kier alpha value is -0.660. The predicted octanol–water partition coefficient (Wildman–Crippen LogP) is 0.0199. The van der Waals surface area contributed by atoms with Crippen LogP contribution < -0.4 is 0 Å². The van der Waals surface area contributed by atoms with E-state index in [0.717, 1.165) is 13.0 Å². The predicted molar refractivity (Wildman–Crippen MR) is 26.5 cm³/mol. The third-order valence-electron chi connectivity index (χ3n) is 1.17. The molecule has 1 aliphatic rings. The van der Waals surface area contributed by atoms with Gasteiger partial charge in [-0.15, -0.1) is 0 Å². The fourth-order valence-electron chi connectivity index (χ4n) is 0.704. The van der Waals surface area contributed by atoms with Crippen LogP contribution in [0.5, 0.6) is 0 Å². The van der Waals surface area contributed by atoms with Gasteiger partial charge in [0.1, 0.15) is 6.72 Å². The second-order valence-electron chi connectivity index (χ2n) is 1.76. The van der Waals surface area contributed by atoms with Crippen molar-refractivity contribution in [3.05, 3.63) is 0 Å². The number of carbonyl (C=O) groups is 1. The van der Waals surface area contributed by atoms with Gasteiger partial charge in [-0.05, 0) is 0 Å². The van der Waals surface area contributed by atoms with E-state index >= 15 is 0 Å². The first-order chi connectivity index (χ1) is 3.30. The molecule has 0 N–H and O–H groups in total. The van der Waals surface area contributed by atoms with Crippen molar-refractivity contribution < 1.29 is 9.37 Å². The fraction of sp³-hybridized carbons (Fsp3) is 0.600. The Kier molecular flexibility index (Phi) is 0.929. The van der Waals surface area contributed by atoms with Crippen molar-refractivity contribution in [3.63, 3.8) is 0 Å². The van der Waals surface area contributed by atoms with E-state index in [4.69, 9.17) is 0 Å². The Morgan fingerprint density at radius 2 is 2.43 bits per heavy atom. The molecule has 0 unspecified atom stereocenters. The molecular formula is C5H8NO+. The van der Waals surface area contributed by atoms with E-state index in [1.807, 2.05) is 0 Å². The van der Waals surface area contributed by atoms with E-state index in [1.165, 1.54) is 4.58 Å². The van der Waals surface area contributed by atoms with Crippen LogP contribution in [0.25, 0.3) is 0 Å². The van der Waals surface area contributed by atoms with Gasteiger partial charge in [-0.1, -0.05) is 0 Å². The summed E-state index contributed by atoms with van der Waals surface area (Å²) in [5, 5.41) is 0. The standard InChI is InChI=1S/C5H8NO/c1-6-4-2-3-5(6)7/h1-4H2/q+1. The van der Waals surface area contributed by atoms with E-state index in [1.54, 1.807) is 0 Å². The SMILES string of the molecule is C=[N+]1CCCC1=O. The van der Waals surface area contributed by atoms with Gasteiger partial charge in [-0.2, -0.15) is 4.58 Å². The Labute approximate surface area is 42.5 Å². The molecule has 0 spiro atoms. The van der Waals surface area contributed by atoms with Gasteiger partial charge in [0.2, 0.25) is 0 Å². The largest absolute Gasteiger partial charge is 0.386 e. The number of carbonyl (C=O) groups excluding carboxylic acids is 1. The molecule has 1 aliphatic heterocycles. The summed E-state index contributed by atoms with van der Waals surface area (Å²) in [4.78, 5) is 10.4. The molecule has 7 heavy (non-hydrogen) atoms. The molecule has 1 fully saturated rings. The van der Waals surface area contributed by atoms with Crippen molar-refractivity contribution in [2.75, 3.05) is 6.54 Å². The lowest BCUT2D eigenvalue weighted by atomic mass is 10.4. The molecule has 1 rings (SSSR count). The molecule has 1 saturated heterocycles. The zero-order valence-electron chi connectivity index (χ0n) is 4.18. The van der Waals surface area contributed by atoms with Crippen molar-refractivity contribution in [1.29, 1.82) is 0 Å². The third kappa shape index (κ3) is 0.683. The van der Waals surface area contributed by atoms with Gasteiger partial charge >= 0.3 is 5.91 Å². The summed E-state index contributed by atoms with van der Waals surface area (Å²) in [6.07, 6.45) is 1.69. The zero-order valence-corrected chi connectivity index (χ0v) is 4.18. The maximum atomic E-state index is 10.4. The van der Waals surface area contributed by atoms with Crippen LogP contribution >= 0.6 is 0 Å². The molecule has 0 aromatic heterocycles. The minimum atomic E-state index is 0.181. The van der Waals surface area contributed by atoms with E-state index in [9.17, 15) is 4.79 Å². The highest BCUT2D eigenvalue weighted by Gasteiger charge is 2.21. The molecule has 0 atom stereocenters. The summed E-state index contributed by atoms with van der Waals surface area (Å²) in [5.74, 6) is 0.181.